The molecule has 1 aromatic rings. The third-order valence-corrected chi connectivity index (χ3v) is 3.68. The topological polar surface area (TPSA) is 45.2 Å². The Morgan fingerprint density at radius 2 is 2.20 bits per heavy atom. The summed E-state index contributed by atoms with van der Waals surface area (Å²) in [6.45, 7) is 3.78. The van der Waals surface area contributed by atoms with Gasteiger partial charge in [-0.2, -0.15) is 0 Å². The Kier molecular flexibility index (Phi) is 4.04. The van der Waals surface area contributed by atoms with Crippen LogP contribution in [-0.2, 0) is 4.79 Å². The molecule has 1 atom stereocenters. The molecular formula is C14H19F2N3O. The number of halogens is 2. The van der Waals surface area contributed by atoms with E-state index in [0.29, 0.717) is 5.82 Å². The van der Waals surface area contributed by atoms with Gasteiger partial charge in [-0.3, -0.25) is 4.79 Å². The van der Waals surface area contributed by atoms with Crippen LogP contribution >= 0.6 is 0 Å². The van der Waals surface area contributed by atoms with Crippen LogP contribution in [0.5, 0.6) is 0 Å². The van der Waals surface area contributed by atoms with Crippen LogP contribution in [0, 0.1) is 19.8 Å². The zero-order valence-corrected chi connectivity index (χ0v) is 11.9. The van der Waals surface area contributed by atoms with Crippen LogP contribution in [0.15, 0.2) is 12.3 Å². The van der Waals surface area contributed by atoms with Gasteiger partial charge < -0.3 is 10.2 Å². The molecule has 2 rings (SSSR count). The van der Waals surface area contributed by atoms with E-state index in [4.69, 9.17) is 0 Å². The number of hydrogen-bond donors (Lipinski definition) is 1. The lowest BCUT2D eigenvalue weighted by molar-refractivity contribution is -0.120. The van der Waals surface area contributed by atoms with Crippen LogP contribution in [-0.4, -0.2) is 41.9 Å². The smallest absolute Gasteiger partial charge is 0.265 e. The summed E-state index contributed by atoms with van der Waals surface area (Å²) in [5, 5.41) is 2.59. The van der Waals surface area contributed by atoms with Gasteiger partial charge in [0.15, 0.2) is 0 Å². The molecule has 1 aliphatic rings. The molecule has 0 bridgehead atoms. The molecule has 1 amide bonds. The Morgan fingerprint density at radius 3 is 2.75 bits per heavy atom. The summed E-state index contributed by atoms with van der Waals surface area (Å²) in [5.74, 6) is -3.74. The highest BCUT2D eigenvalue weighted by molar-refractivity contribution is 5.90. The number of carbonyl (C=O) groups is 1. The van der Waals surface area contributed by atoms with Crippen LogP contribution in [0.3, 0.4) is 0 Å². The Balaban J connectivity index is 1.97. The molecule has 2 heterocycles. The number of nitrogens with one attached hydrogen (secondary N) is 1. The van der Waals surface area contributed by atoms with Crippen LogP contribution in [0.2, 0.25) is 0 Å². The first-order valence-electron chi connectivity index (χ1n) is 6.57. The monoisotopic (exact) mass is 283 g/mol. The van der Waals surface area contributed by atoms with E-state index in [-0.39, 0.29) is 19.5 Å². The molecule has 6 heteroatoms. The first-order chi connectivity index (χ1) is 9.28. The van der Waals surface area contributed by atoms with Gasteiger partial charge in [0.25, 0.3) is 5.92 Å². The number of amides is 1. The zero-order chi connectivity index (χ0) is 14.9. The van der Waals surface area contributed by atoms with E-state index in [0.717, 1.165) is 11.1 Å². The maximum atomic E-state index is 13.6. The lowest BCUT2D eigenvalue weighted by Crippen LogP contribution is -2.30. The van der Waals surface area contributed by atoms with Crippen molar-refractivity contribution in [2.45, 2.75) is 26.2 Å². The third-order valence-electron chi connectivity index (χ3n) is 3.68. The maximum absolute atomic E-state index is 13.6. The number of anilines is 1. The van der Waals surface area contributed by atoms with E-state index >= 15 is 0 Å². The highest BCUT2D eigenvalue weighted by Crippen LogP contribution is 2.34. The summed E-state index contributed by atoms with van der Waals surface area (Å²) >= 11 is 0. The number of carbonyl (C=O) groups excluding carboxylic acids is 1. The predicted molar refractivity (Wildman–Crippen MR) is 72.9 cm³/mol. The number of pyridine rings is 1. The molecule has 1 unspecified atom stereocenters. The average Bonchev–Trinajstić information content (AvgIpc) is 2.57. The summed E-state index contributed by atoms with van der Waals surface area (Å²) in [7, 11) is 1.64. The molecular weight excluding hydrogens is 264 g/mol. The van der Waals surface area contributed by atoms with Gasteiger partial charge in [-0.05, 0) is 38.1 Å². The van der Waals surface area contributed by atoms with Gasteiger partial charge in [-0.25, -0.2) is 13.8 Å². The maximum Gasteiger partial charge on any atom is 0.265 e. The normalized spacial score (nSPS) is 21.9. The molecule has 1 saturated heterocycles. The van der Waals surface area contributed by atoms with Crippen molar-refractivity contribution in [1.82, 2.24) is 9.88 Å². The minimum atomic E-state index is -2.80. The van der Waals surface area contributed by atoms with Gasteiger partial charge >= 0.3 is 0 Å². The average molecular weight is 283 g/mol. The quantitative estimate of drug-likeness (QED) is 0.925. The molecule has 4 nitrogen and oxygen atoms in total. The lowest BCUT2D eigenvalue weighted by Gasteiger charge is -2.17. The largest absolute Gasteiger partial charge is 0.311 e. The molecule has 20 heavy (non-hydrogen) atoms. The van der Waals surface area contributed by atoms with Gasteiger partial charge in [-0.15, -0.1) is 0 Å². The highest BCUT2D eigenvalue weighted by atomic mass is 19.3. The molecule has 1 fully saturated rings. The summed E-state index contributed by atoms with van der Waals surface area (Å²) < 4.78 is 27.3. The van der Waals surface area contributed by atoms with E-state index in [1.54, 1.807) is 24.2 Å². The molecule has 1 aromatic heterocycles. The second-order valence-electron chi connectivity index (χ2n) is 5.56. The van der Waals surface area contributed by atoms with E-state index < -0.39 is 17.7 Å². The summed E-state index contributed by atoms with van der Waals surface area (Å²) in [6.07, 6.45) is 1.47. The SMILES string of the molecule is Cc1cnc(NC(=O)CC2CN(C)CC2(F)F)cc1C. The standard InChI is InChI=1S/C14H19F2N3O/c1-9-4-12(17-6-10(9)2)18-13(20)5-11-7-19(3)8-14(11,15)16/h4,6,11H,5,7-8H2,1-3H3,(H,17,18,20). The number of aryl methyl sites for hydroxylation is 2. The van der Waals surface area contributed by atoms with Crippen molar-refractivity contribution in [3.63, 3.8) is 0 Å². The summed E-state index contributed by atoms with van der Waals surface area (Å²) in [5.41, 5.74) is 2.02. The van der Waals surface area contributed by atoms with Gasteiger partial charge in [0, 0.05) is 25.1 Å². The fourth-order valence-corrected chi connectivity index (χ4v) is 2.39. The van der Waals surface area contributed by atoms with Gasteiger partial charge in [0.2, 0.25) is 5.91 Å². The number of nitrogens with zero attached hydrogens (tertiary/aromatic N) is 2. The highest BCUT2D eigenvalue weighted by Gasteiger charge is 2.47. The van der Waals surface area contributed by atoms with Crippen molar-refractivity contribution in [2.75, 3.05) is 25.5 Å². The molecule has 1 aliphatic heterocycles. The number of alkyl halides is 2. The first kappa shape index (κ1) is 14.8. The van der Waals surface area contributed by atoms with Gasteiger partial charge in [0.05, 0.1) is 6.54 Å². The molecule has 0 saturated carbocycles. The molecule has 0 spiro atoms. The number of hydrogen-bond acceptors (Lipinski definition) is 3. The zero-order valence-electron chi connectivity index (χ0n) is 11.9. The Bertz CT molecular complexity index is 519. The Morgan fingerprint density at radius 1 is 1.50 bits per heavy atom. The first-order valence-corrected chi connectivity index (χ1v) is 6.57. The fraction of sp³-hybridized carbons (Fsp3) is 0.571. The van der Waals surface area contributed by atoms with Gasteiger partial charge in [0.1, 0.15) is 5.82 Å². The molecule has 110 valence electrons. The minimum absolute atomic E-state index is 0.189. The van der Waals surface area contributed by atoms with Gasteiger partial charge in [-0.1, -0.05) is 0 Å². The molecule has 1 N–H and O–H groups in total. The molecule has 0 aliphatic carbocycles. The van der Waals surface area contributed by atoms with Crippen LogP contribution in [0.25, 0.3) is 0 Å². The Labute approximate surface area is 117 Å². The van der Waals surface area contributed by atoms with Crippen molar-refractivity contribution in [3.05, 3.63) is 23.4 Å². The van der Waals surface area contributed by atoms with Crippen molar-refractivity contribution in [3.8, 4) is 0 Å². The van der Waals surface area contributed by atoms with E-state index in [1.165, 1.54) is 0 Å². The second-order valence-corrected chi connectivity index (χ2v) is 5.56. The number of likely N-dealkylation sites (tertiary alicyclic amines) is 1. The Hall–Kier alpha value is -1.56. The molecule has 0 radical (unpaired) electrons. The van der Waals surface area contributed by atoms with E-state index in [2.05, 4.69) is 10.3 Å². The van der Waals surface area contributed by atoms with Crippen LogP contribution in [0.4, 0.5) is 14.6 Å². The predicted octanol–water partition coefficient (Wildman–Crippen LogP) is 2.22. The summed E-state index contributed by atoms with van der Waals surface area (Å²) in [4.78, 5) is 17.5. The minimum Gasteiger partial charge on any atom is -0.311 e. The number of aromatic nitrogens is 1. The fourth-order valence-electron chi connectivity index (χ4n) is 2.39. The van der Waals surface area contributed by atoms with E-state index in [9.17, 15) is 13.6 Å². The molecule has 0 aromatic carbocycles. The van der Waals surface area contributed by atoms with Crippen molar-refractivity contribution in [1.29, 1.82) is 0 Å². The van der Waals surface area contributed by atoms with Crippen molar-refractivity contribution >= 4 is 11.7 Å². The third kappa shape index (κ3) is 3.30. The summed E-state index contributed by atoms with van der Waals surface area (Å²) in [6, 6.07) is 1.74. The van der Waals surface area contributed by atoms with Crippen LogP contribution < -0.4 is 5.32 Å². The number of rotatable bonds is 3. The van der Waals surface area contributed by atoms with Crippen molar-refractivity contribution in [2.24, 2.45) is 5.92 Å². The second kappa shape index (κ2) is 5.44. The lowest BCUT2D eigenvalue weighted by atomic mass is 10.0. The van der Waals surface area contributed by atoms with Crippen molar-refractivity contribution < 1.29 is 13.6 Å². The van der Waals surface area contributed by atoms with Crippen LogP contribution in [0.1, 0.15) is 17.5 Å². The van der Waals surface area contributed by atoms with E-state index in [1.807, 2.05) is 13.8 Å².